The van der Waals surface area contributed by atoms with Crippen LogP contribution in [0.15, 0.2) is 29.1 Å². The van der Waals surface area contributed by atoms with E-state index in [4.69, 9.17) is 4.42 Å². The second-order valence-corrected chi connectivity index (χ2v) is 4.46. The van der Waals surface area contributed by atoms with E-state index in [0.717, 1.165) is 12.2 Å². The van der Waals surface area contributed by atoms with Crippen LogP contribution in [-0.4, -0.2) is 39.0 Å². The van der Waals surface area contributed by atoms with Gasteiger partial charge in [0, 0.05) is 19.5 Å². The minimum Gasteiger partial charge on any atom is -0.467 e. The molecule has 1 atom stereocenters. The molecule has 0 fully saturated rings. The fourth-order valence-corrected chi connectivity index (χ4v) is 1.86. The number of urea groups is 1. The molecule has 0 spiro atoms. The van der Waals surface area contributed by atoms with Crippen LogP contribution in [0.25, 0.3) is 0 Å². The summed E-state index contributed by atoms with van der Waals surface area (Å²) in [7, 11) is 0. The summed E-state index contributed by atoms with van der Waals surface area (Å²) in [4.78, 5) is 11.6. The summed E-state index contributed by atoms with van der Waals surface area (Å²) in [5.41, 5.74) is 0. The second-order valence-electron chi connectivity index (χ2n) is 4.46. The van der Waals surface area contributed by atoms with Gasteiger partial charge in [-0.1, -0.05) is 6.92 Å². The van der Waals surface area contributed by atoms with Gasteiger partial charge in [-0.25, -0.2) is 4.79 Å². The Labute approximate surface area is 122 Å². The standard InChI is InChI=1S/C13H19N5O3/c1-2-12-17-16-9-18(12)6-5-14-13(20)15-8-10(19)11-4-3-7-21-11/h3-4,7,9-10,19H,2,5-6,8H2,1H3,(H2,14,15,20). The smallest absolute Gasteiger partial charge is 0.314 e. The number of furan rings is 1. The number of aliphatic hydroxyl groups is 1. The normalized spacial score (nSPS) is 12.1. The third-order valence-electron chi connectivity index (χ3n) is 2.98. The molecule has 0 aliphatic rings. The van der Waals surface area contributed by atoms with Crippen LogP contribution in [0.1, 0.15) is 24.6 Å². The van der Waals surface area contributed by atoms with Crippen molar-refractivity contribution in [2.45, 2.75) is 26.0 Å². The van der Waals surface area contributed by atoms with Crippen molar-refractivity contribution >= 4 is 6.03 Å². The average Bonchev–Trinajstić information content (AvgIpc) is 3.15. The highest BCUT2D eigenvalue weighted by molar-refractivity contribution is 5.73. The van der Waals surface area contributed by atoms with Gasteiger partial charge in [-0.3, -0.25) is 0 Å². The number of aryl methyl sites for hydroxylation is 1. The molecule has 8 heteroatoms. The van der Waals surface area contributed by atoms with Gasteiger partial charge in [0.25, 0.3) is 0 Å². The average molecular weight is 293 g/mol. The third kappa shape index (κ3) is 4.32. The van der Waals surface area contributed by atoms with Crippen molar-refractivity contribution in [2.75, 3.05) is 13.1 Å². The highest BCUT2D eigenvalue weighted by atomic mass is 16.4. The number of nitrogens with zero attached hydrogens (tertiary/aromatic N) is 3. The summed E-state index contributed by atoms with van der Waals surface area (Å²) in [6, 6.07) is 3.00. The Morgan fingerprint density at radius 3 is 3.10 bits per heavy atom. The van der Waals surface area contributed by atoms with E-state index in [9.17, 15) is 9.90 Å². The van der Waals surface area contributed by atoms with Gasteiger partial charge in [0.2, 0.25) is 0 Å². The lowest BCUT2D eigenvalue weighted by Crippen LogP contribution is -2.39. The van der Waals surface area contributed by atoms with E-state index in [2.05, 4.69) is 20.8 Å². The highest BCUT2D eigenvalue weighted by Gasteiger charge is 2.11. The van der Waals surface area contributed by atoms with Crippen LogP contribution < -0.4 is 10.6 Å². The summed E-state index contributed by atoms with van der Waals surface area (Å²) < 4.78 is 6.93. The fourth-order valence-electron chi connectivity index (χ4n) is 1.86. The summed E-state index contributed by atoms with van der Waals surface area (Å²) in [6.07, 6.45) is 3.05. The molecule has 0 aliphatic heterocycles. The second kappa shape index (κ2) is 7.44. The topological polar surface area (TPSA) is 105 Å². The number of aliphatic hydroxyl groups excluding tert-OH is 1. The number of carbonyl (C=O) groups excluding carboxylic acids is 1. The number of amides is 2. The van der Waals surface area contributed by atoms with Gasteiger partial charge in [0.05, 0.1) is 12.8 Å². The van der Waals surface area contributed by atoms with Gasteiger partial charge in [0.1, 0.15) is 24.0 Å². The molecule has 3 N–H and O–H groups in total. The number of hydrogen-bond acceptors (Lipinski definition) is 5. The van der Waals surface area contributed by atoms with Gasteiger partial charge in [0.15, 0.2) is 0 Å². The van der Waals surface area contributed by atoms with Crippen LogP contribution in [0.2, 0.25) is 0 Å². The van der Waals surface area contributed by atoms with E-state index >= 15 is 0 Å². The lowest BCUT2D eigenvalue weighted by molar-refractivity contribution is 0.148. The molecular weight excluding hydrogens is 274 g/mol. The molecular formula is C13H19N5O3. The monoisotopic (exact) mass is 293 g/mol. The van der Waals surface area contributed by atoms with Crippen molar-refractivity contribution in [3.8, 4) is 0 Å². The molecule has 0 aliphatic carbocycles. The van der Waals surface area contributed by atoms with E-state index in [1.165, 1.54) is 6.26 Å². The molecule has 0 radical (unpaired) electrons. The van der Waals surface area contributed by atoms with Crippen LogP contribution in [0.3, 0.4) is 0 Å². The molecule has 2 rings (SSSR count). The van der Waals surface area contributed by atoms with Crippen molar-refractivity contribution in [1.29, 1.82) is 0 Å². The zero-order chi connectivity index (χ0) is 15.1. The first kappa shape index (κ1) is 15.0. The Morgan fingerprint density at radius 1 is 1.52 bits per heavy atom. The Morgan fingerprint density at radius 2 is 2.38 bits per heavy atom. The molecule has 0 bridgehead atoms. The number of aromatic nitrogens is 3. The first-order valence-electron chi connectivity index (χ1n) is 6.80. The summed E-state index contributed by atoms with van der Waals surface area (Å²) >= 11 is 0. The highest BCUT2D eigenvalue weighted by Crippen LogP contribution is 2.11. The number of rotatable bonds is 7. The molecule has 2 heterocycles. The summed E-state index contributed by atoms with van der Waals surface area (Å²) in [5.74, 6) is 1.30. The van der Waals surface area contributed by atoms with Crippen molar-refractivity contribution in [1.82, 2.24) is 25.4 Å². The first-order valence-corrected chi connectivity index (χ1v) is 6.80. The van der Waals surface area contributed by atoms with Crippen LogP contribution in [0.4, 0.5) is 4.79 Å². The quantitative estimate of drug-likeness (QED) is 0.688. The van der Waals surface area contributed by atoms with Crippen molar-refractivity contribution < 1.29 is 14.3 Å². The van der Waals surface area contributed by atoms with E-state index in [1.54, 1.807) is 18.5 Å². The summed E-state index contributed by atoms with van der Waals surface area (Å²) in [6.45, 7) is 3.14. The van der Waals surface area contributed by atoms with Gasteiger partial charge >= 0.3 is 6.03 Å². The summed E-state index contributed by atoms with van der Waals surface area (Å²) in [5, 5.41) is 22.8. The van der Waals surface area contributed by atoms with Gasteiger partial charge in [-0.2, -0.15) is 0 Å². The lowest BCUT2D eigenvalue weighted by atomic mass is 10.3. The van der Waals surface area contributed by atoms with Crippen LogP contribution >= 0.6 is 0 Å². The Kier molecular flexibility index (Phi) is 5.33. The van der Waals surface area contributed by atoms with E-state index in [-0.39, 0.29) is 12.6 Å². The lowest BCUT2D eigenvalue weighted by Gasteiger charge is -2.11. The van der Waals surface area contributed by atoms with Crippen LogP contribution in [-0.2, 0) is 13.0 Å². The Hall–Kier alpha value is -2.35. The molecule has 1 unspecified atom stereocenters. The minimum absolute atomic E-state index is 0.0895. The number of nitrogens with one attached hydrogen (secondary N) is 2. The maximum Gasteiger partial charge on any atom is 0.314 e. The molecule has 2 aromatic heterocycles. The van der Waals surface area contributed by atoms with E-state index in [0.29, 0.717) is 18.8 Å². The van der Waals surface area contributed by atoms with Gasteiger partial charge in [-0.05, 0) is 12.1 Å². The van der Waals surface area contributed by atoms with Crippen LogP contribution in [0, 0.1) is 0 Å². The Bertz CT molecular complexity index is 552. The van der Waals surface area contributed by atoms with Gasteiger partial charge < -0.3 is 24.7 Å². The van der Waals surface area contributed by atoms with Crippen molar-refractivity contribution in [2.24, 2.45) is 0 Å². The van der Waals surface area contributed by atoms with Crippen molar-refractivity contribution in [3.05, 3.63) is 36.3 Å². The molecule has 0 aromatic carbocycles. The molecule has 114 valence electrons. The van der Waals surface area contributed by atoms with Crippen molar-refractivity contribution in [3.63, 3.8) is 0 Å². The third-order valence-corrected chi connectivity index (χ3v) is 2.98. The number of hydrogen-bond donors (Lipinski definition) is 3. The zero-order valence-electron chi connectivity index (χ0n) is 11.8. The maximum absolute atomic E-state index is 11.6. The zero-order valence-corrected chi connectivity index (χ0v) is 11.8. The Balaban J connectivity index is 1.66. The van der Waals surface area contributed by atoms with E-state index in [1.807, 2.05) is 11.5 Å². The molecule has 0 saturated heterocycles. The predicted octanol–water partition coefficient (Wildman–Crippen LogP) is 0.466. The first-order chi connectivity index (χ1) is 10.2. The SMILES string of the molecule is CCc1nncn1CCNC(=O)NCC(O)c1ccco1. The predicted molar refractivity (Wildman–Crippen MR) is 74.5 cm³/mol. The fraction of sp³-hybridized carbons (Fsp3) is 0.462. The molecule has 2 aromatic rings. The van der Waals surface area contributed by atoms with Gasteiger partial charge in [-0.15, -0.1) is 10.2 Å². The number of carbonyl (C=O) groups is 1. The van der Waals surface area contributed by atoms with E-state index < -0.39 is 6.10 Å². The molecule has 0 saturated carbocycles. The largest absolute Gasteiger partial charge is 0.467 e. The molecule has 8 nitrogen and oxygen atoms in total. The molecule has 2 amide bonds. The molecule has 21 heavy (non-hydrogen) atoms. The van der Waals surface area contributed by atoms with Crippen LogP contribution in [0.5, 0.6) is 0 Å². The minimum atomic E-state index is -0.852. The maximum atomic E-state index is 11.6.